The van der Waals surface area contributed by atoms with Crippen LogP contribution in [0, 0.1) is 11.3 Å². The first-order valence-corrected chi connectivity index (χ1v) is 22.2. The Kier molecular flexibility index (Phi) is 16.7. The molecule has 17 heteroatoms. The Balaban J connectivity index is 0.000000762. The van der Waals surface area contributed by atoms with Crippen LogP contribution in [0.1, 0.15) is 91.0 Å². The van der Waals surface area contributed by atoms with Gasteiger partial charge in [-0.25, -0.2) is 11.3 Å². The second-order valence-corrected chi connectivity index (χ2v) is 17.9. The minimum atomic E-state index is -1.14. The fourth-order valence-corrected chi connectivity index (χ4v) is 8.73. The topological polar surface area (TPSA) is 211 Å². The van der Waals surface area contributed by atoms with E-state index in [9.17, 15) is 24.0 Å². The molecule has 0 spiro atoms. The van der Waals surface area contributed by atoms with Gasteiger partial charge in [0.2, 0.25) is 18.2 Å². The molecule has 6 rings (SSSR count). The molecule has 0 saturated carbocycles. The third kappa shape index (κ3) is 11.5. The highest BCUT2D eigenvalue weighted by Gasteiger charge is 2.37. The Bertz CT molecular complexity index is 2200. The predicted octanol–water partition coefficient (Wildman–Crippen LogP) is 4.31. The molecule has 3 aliphatic heterocycles. The molecule has 3 unspecified atom stereocenters. The molecule has 4 atom stereocenters. The normalized spacial score (nSPS) is 21.2. The van der Waals surface area contributed by atoms with Gasteiger partial charge in [0.1, 0.15) is 18.1 Å². The Morgan fingerprint density at radius 1 is 1.14 bits per heavy atom. The van der Waals surface area contributed by atoms with Crippen molar-refractivity contribution in [3.63, 3.8) is 0 Å². The number of methoxy groups -OCH3 is 1. The van der Waals surface area contributed by atoms with E-state index in [4.69, 9.17) is 26.0 Å². The number of benzene rings is 1. The lowest BCUT2D eigenvalue weighted by Gasteiger charge is -2.36. The van der Waals surface area contributed by atoms with Gasteiger partial charge in [-0.1, -0.05) is 34.3 Å². The first kappa shape index (κ1) is 49.2. The first-order chi connectivity index (χ1) is 30.4. The third-order valence-corrected chi connectivity index (χ3v) is 12.1. The van der Waals surface area contributed by atoms with Crippen LogP contribution in [0.15, 0.2) is 61.1 Å². The van der Waals surface area contributed by atoms with Crippen LogP contribution in [0.4, 0.5) is 5.69 Å². The van der Waals surface area contributed by atoms with Crippen LogP contribution in [0.25, 0.3) is 22.2 Å². The van der Waals surface area contributed by atoms with Gasteiger partial charge in [-0.15, -0.1) is 0 Å². The summed E-state index contributed by atoms with van der Waals surface area (Å²) >= 11 is 0. The molecule has 5 heterocycles. The Morgan fingerprint density at radius 2 is 1.86 bits per heavy atom. The fraction of sp³-hybridized carbons (Fsp3) is 0.532. The molecule has 1 aromatic carbocycles. The summed E-state index contributed by atoms with van der Waals surface area (Å²) in [4.78, 5) is 71.8. The number of nitrogens with one attached hydrogen (secondary N) is 2. The number of hydrogen-bond acceptors (Lipinski definition) is 12. The average molecular weight is 885 g/mol. The zero-order valence-corrected chi connectivity index (χ0v) is 38.8. The van der Waals surface area contributed by atoms with Gasteiger partial charge in [0.05, 0.1) is 29.8 Å². The average Bonchev–Trinajstić information content (AvgIpc) is 3.93. The molecule has 17 nitrogen and oxygen atoms in total. The van der Waals surface area contributed by atoms with E-state index in [-0.39, 0.29) is 36.7 Å². The molecule has 4 amide bonds. The number of esters is 1. The van der Waals surface area contributed by atoms with Crippen LogP contribution in [0.2, 0.25) is 0 Å². The second kappa shape index (κ2) is 21.7. The number of likely N-dealkylation sites (N-methyl/N-ethyl adjacent to an activating group) is 1. The maximum atomic E-state index is 14.1. The van der Waals surface area contributed by atoms with Gasteiger partial charge in [0.25, 0.3) is 5.91 Å². The van der Waals surface area contributed by atoms with E-state index in [1.807, 2.05) is 49.9 Å². The van der Waals surface area contributed by atoms with Gasteiger partial charge < -0.3 is 34.9 Å². The lowest BCUT2D eigenvalue weighted by molar-refractivity contribution is -0.155. The quantitative estimate of drug-likeness (QED) is 0.0972. The predicted molar refractivity (Wildman–Crippen MR) is 247 cm³/mol. The van der Waals surface area contributed by atoms with E-state index in [0.29, 0.717) is 44.4 Å². The maximum absolute atomic E-state index is 14.1. The maximum Gasteiger partial charge on any atom is 0.324 e. The molecule has 2 saturated heterocycles. The molecule has 2 fully saturated rings. The van der Waals surface area contributed by atoms with E-state index in [1.165, 1.54) is 28.0 Å². The number of aromatic nitrogens is 2. The van der Waals surface area contributed by atoms with Gasteiger partial charge in [0.15, 0.2) is 0 Å². The minimum Gasteiger partial charge on any atom is -0.464 e. The highest BCUT2D eigenvalue weighted by molar-refractivity contribution is 5.95. The van der Waals surface area contributed by atoms with E-state index >= 15 is 0 Å². The molecule has 6 N–H and O–H groups in total. The molecule has 2 aromatic heterocycles. The summed E-state index contributed by atoms with van der Waals surface area (Å²) in [5, 5.41) is 6.56. The van der Waals surface area contributed by atoms with Gasteiger partial charge in [-0.3, -0.25) is 39.0 Å². The van der Waals surface area contributed by atoms with E-state index < -0.39 is 41.3 Å². The number of carbonyl (C=O) groups is 5. The first-order valence-electron chi connectivity index (χ1n) is 22.2. The number of aryl methyl sites for hydroxylation is 1. The number of hydrogen-bond donors (Lipinski definition) is 4. The SMILES string of the molecule is C=CC(=O)N1CCCC1.CCn1c(-c2cccnc2C(C)OC)c2c3cc(ccc31)N(N)/C=C(\N)CC(NC(=O)C(C(C)C)N(C)C=O)C(=O)N1CCC[C@H](N1)C(=O)OCC(C)(C)C2. The minimum absolute atomic E-state index is 0.0764. The highest BCUT2D eigenvalue weighted by atomic mass is 16.5. The van der Waals surface area contributed by atoms with Crippen molar-refractivity contribution in [3.05, 3.63) is 72.3 Å². The Morgan fingerprint density at radius 3 is 2.50 bits per heavy atom. The lowest BCUT2D eigenvalue weighted by Crippen LogP contribution is -2.61. The summed E-state index contributed by atoms with van der Waals surface area (Å²) in [6, 6.07) is 7.16. The summed E-state index contributed by atoms with van der Waals surface area (Å²) in [7, 11) is 3.18. The van der Waals surface area contributed by atoms with Crippen LogP contribution < -0.4 is 27.3 Å². The summed E-state index contributed by atoms with van der Waals surface area (Å²) < 4.78 is 14.0. The molecule has 4 bridgehead atoms. The molecule has 348 valence electrons. The van der Waals surface area contributed by atoms with E-state index in [0.717, 1.165) is 59.3 Å². The van der Waals surface area contributed by atoms with Crippen molar-refractivity contribution in [3.8, 4) is 11.3 Å². The number of amides is 4. The van der Waals surface area contributed by atoms with Crippen molar-refractivity contribution in [2.75, 3.05) is 45.4 Å². The number of nitrogens with two attached hydrogens (primary N) is 2. The van der Waals surface area contributed by atoms with Crippen molar-refractivity contribution in [2.45, 2.75) is 111 Å². The zero-order valence-electron chi connectivity index (χ0n) is 38.8. The molecular weight excluding hydrogens is 817 g/mol. The van der Waals surface area contributed by atoms with E-state index in [2.05, 4.69) is 48.7 Å². The molecule has 3 aromatic rings. The third-order valence-electron chi connectivity index (χ3n) is 12.1. The van der Waals surface area contributed by atoms with Crippen molar-refractivity contribution < 1.29 is 33.4 Å². The number of anilines is 1. The number of rotatable bonds is 10. The van der Waals surface area contributed by atoms with Gasteiger partial charge in [-0.05, 0) is 93.8 Å². The number of fused-ring (bicyclic) bond motifs is 3. The number of cyclic esters (lactones) is 1. The number of hydrazine groups is 2. The summed E-state index contributed by atoms with van der Waals surface area (Å²) in [5.74, 6) is 5.05. The van der Waals surface area contributed by atoms with Crippen molar-refractivity contribution >= 4 is 46.7 Å². The van der Waals surface area contributed by atoms with Crippen LogP contribution in [-0.2, 0) is 46.4 Å². The monoisotopic (exact) mass is 885 g/mol. The Hall–Kier alpha value is -5.78. The smallest absolute Gasteiger partial charge is 0.324 e. The second-order valence-electron chi connectivity index (χ2n) is 17.9. The van der Waals surface area contributed by atoms with E-state index in [1.54, 1.807) is 19.5 Å². The number of nitrogens with zero attached hydrogens (tertiary/aromatic N) is 6. The van der Waals surface area contributed by atoms with Crippen molar-refractivity contribution in [1.82, 2.24) is 35.1 Å². The van der Waals surface area contributed by atoms with Crippen molar-refractivity contribution in [1.29, 1.82) is 0 Å². The number of ether oxygens (including phenoxy) is 2. The molecule has 0 aliphatic carbocycles. The molecule has 64 heavy (non-hydrogen) atoms. The zero-order chi connectivity index (χ0) is 46.9. The van der Waals surface area contributed by atoms with Crippen LogP contribution in [0.3, 0.4) is 0 Å². The number of carbonyl (C=O) groups excluding carboxylic acids is 5. The lowest BCUT2D eigenvalue weighted by atomic mass is 9.84. The number of pyridine rings is 1. The standard InChI is InChI=1S/C40H57N9O6.C7H11NO/c1-9-47-33-15-14-27-19-29(33)30(36(47)28-12-10-16-43-34(28)25(4)54-8)20-40(5,6)22-55-39(53)31-13-11-17-49(45-31)38(52)32(18-26(41)21-48(27)42)44-37(51)35(24(2)3)46(7)23-50;1-2-7(9)8-5-3-4-6-8/h10,12,14-16,19,21,23-25,31-32,35,45H,9,11,13,17-18,20,22,41-42H2,1-8H3,(H,44,51);2H,1,3-6H2/b26-21-;/t25?,31-,32?,35?;/m0./s1. The largest absolute Gasteiger partial charge is 0.464 e. The van der Waals surface area contributed by atoms with Gasteiger partial charge in [0, 0.05) is 86.7 Å². The molecule has 3 aliphatic rings. The number of likely N-dealkylation sites (tertiary alicyclic amines) is 1. The fourth-order valence-electron chi connectivity index (χ4n) is 8.73. The highest BCUT2D eigenvalue weighted by Crippen LogP contribution is 2.41. The van der Waals surface area contributed by atoms with Crippen molar-refractivity contribution in [2.24, 2.45) is 22.9 Å². The summed E-state index contributed by atoms with van der Waals surface area (Å²) in [5.41, 5.74) is 14.8. The Labute approximate surface area is 377 Å². The summed E-state index contributed by atoms with van der Waals surface area (Å²) in [6.45, 7) is 18.2. The van der Waals surface area contributed by atoms with Crippen LogP contribution in [-0.4, -0.2) is 113 Å². The van der Waals surface area contributed by atoms with Crippen LogP contribution in [0.5, 0.6) is 0 Å². The summed E-state index contributed by atoms with van der Waals surface area (Å²) in [6.07, 6.45) is 8.74. The molecule has 0 radical (unpaired) electrons. The molecular formula is C47H68N10O7. The van der Waals surface area contributed by atoms with Gasteiger partial charge >= 0.3 is 5.97 Å². The van der Waals surface area contributed by atoms with Gasteiger partial charge in [-0.2, -0.15) is 0 Å². The van der Waals surface area contributed by atoms with Crippen LogP contribution >= 0.6 is 0 Å².